The molecule has 0 aliphatic heterocycles. The normalized spacial score (nSPS) is 11.7. The van der Waals surface area contributed by atoms with Gasteiger partial charge in [-0.3, -0.25) is 4.79 Å². The maximum atomic E-state index is 12.1. The number of rotatable bonds is 9. The Morgan fingerprint density at radius 3 is 2.29 bits per heavy atom. The third-order valence-corrected chi connectivity index (χ3v) is 4.00. The minimum atomic E-state index is -0.882. The van der Waals surface area contributed by atoms with Gasteiger partial charge in [-0.2, -0.15) is 0 Å². The van der Waals surface area contributed by atoms with Gasteiger partial charge >= 0.3 is 5.97 Å². The lowest BCUT2D eigenvalue weighted by Crippen LogP contribution is -2.36. The second kappa shape index (κ2) is 10.8. The first-order valence-electron chi connectivity index (χ1n) is 8.95. The van der Waals surface area contributed by atoms with Crippen LogP contribution >= 0.6 is 0 Å². The van der Waals surface area contributed by atoms with Crippen LogP contribution in [0.2, 0.25) is 0 Å². The van der Waals surface area contributed by atoms with Gasteiger partial charge in [-0.25, -0.2) is 4.79 Å². The van der Waals surface area contributed by atoms with Crippen LogP contribution in [0.3, 0.4) is 0 Å². The lowest BCUT2D eigenvalue weighted by atomic mass is 10.1. The molecule has 0 unspecified atom stereocenters. The van der Waals surface area contributed by atoms with Crippen LogP contribution < -0.4 is 14.8 Å². The van der Waals surface area contributed by atoms with E-state index < -0.39 is 12.1 Å². The molecule has 0 aliphatic carbocycles. The molecule has 0 spiro atoms. The highest BCUT2D eigenvalue weighted by Gasteiger charge is 2.15. The third-order valence-electron chi connectivity index (χ3n) is 4.00. The highest BCUT2D eigenvalue weighted by molar-refractivity contribution is 5.90. The summed E-state index contributed by atoms with van der Waals surface area (Å²) in [6, 6.07) is 15.1. The number of carbonyl (C=O) groups excluding carboxylic acids is 2. The van der Waals surface area contributed by atoms with E-state index in [9.17, 15) is 9.59 Å². The van der Waals surface area contributed by atoms with E-state index in [1.165, 1.54) is 13.0 Å². The highest BCUT2D eigenvalue weighted by Crippen LogP contribution is 2.23. The molecule has 28 heavy (non-hydrogen) atoms. The fourth-order valence-corrected chi connectivity index (χ4v) is 2.48. The lowest BCUT2D eigenvalue weighted by Gasteiger charge is -2.12. The number of hydrogen-bond donors (Lipinski definition) is 1. The second-order valence-electron chi connectivity index (χ2n) is 6.09. The predicted molar refractivity (Wildman–Crippen MR) is 107 cm³/mol. The molecule has 1 amide bonds. The Bertz CT molecular complexity index is 795. The van der Waals surface area contributed by atoms with Gasteiger partial charge in [-0.1, -0.05) is 30.3 Å². The molecular weight excluding hydrogens is 358 g/mol. The average Bonchev–Trinajstić information content (AvgIpc) is 2.72. The van der Waals surface area contributed by atoms with Gasteiger partial charge in [0.15, 0.2) is 6.10 Å². The van der Waals surface area contributed by atoms with Gasteiger partial charge < -0.3 is 19.5 Å². The summed E-state index contributed by atoms with van der Waals surface area (Å²) in [5, 5.41) is 2.77. The summed E-state index contributed by atoms with van der Waals surface area (Å²) in [4.78, 5) is 24.0. The first kappa shape index (κ1) is 21.0. The molecule has 0 saturated heterocycles. The Morgan fingerprint density at radius 1 is 1.04 bits per heavy atom. The van der Waals surface area contributed by atoms with E-state index in [1.807, 2.05) is 30.3 Å². The van der Waals surface area contributed by atoms with Crippen LogP contribution in [0, 0.1) is 0 Å². The van der Waals surface area contributed by atoms with E-state index in [0.717, 1.165) is 5.56 Å². The van der Waals surface area contributed by atoms with Crippen molar-refractivity contribution < 1.29 is 23.8 Å². The SMILES string of the molecule is COc1cc(/C=C/C(=O)O[C@@H](C)C(=O)NCCc2ccccc2)cc(OC)c1. The van der Waals surface area contributed by atoms with Crippen molar-refractivity contribution in [2.45, 2.75) is 19.4 Å². The Kier molecular flexibility index (Phi) is 8.09. The number of carbonyl (C=O) groups is 2. The van der Waals surface area contributed by atoms with Crippen LogP contribution in [-0.4, -0.2) is 38.7 Å². The highest BCUT2D eigenvalue weighted by atomic mass is 16.5. The van der Waals surface area contributed by atoms with Crippen LogP contribution in [0.5, 0.6) is 11.5 Å². The zero-order chi connectivity index (χ0) is 20.4. The van der Waals surface area contributed by atoms with Gasteiger partial charge in [0, 0.05) is 18.7 Å². The summed E-state index contributed by atoms with van der Waals surface area (Å²) in [6.45, 7) is 2.02. The van der Waals surface area contributed by atoms with Gasteiger partial charge in [0.25, 0.3) is 5.91 Å². The quantitative estimate of drug-likeness (QED) is 0.532. The molecule has 148 valence electrons. The van der Waals surface area contributed by atoms with Crippen molar-refractivity contribution in [2.75, 3.05) is 20.8 Å². The summed E-state index contributed by atoms with van der Waals surface area (Å²) in [6.07, 6.45) is 2.67. The lowest BCUT2D eigenvalue weighted by molar-refractivity contribution is -0.150. The molecule has 1 N–H and O–H groups in total. The molecule has 1 atom stereocenters. The fourth-order valence-electron chi connectivity index (χ4n) is 2.48. The van der Waals surface area contributed by atoms with E-state index in [0.29, 0.717) is 30.0 Å². The molecule has 2 aromatic rings. The summed E-state index contributed by atoms with van der Waals surface area (Å²) < 4.78 is 15.5. The molecule has 2 aromatic carbocycles. The van der Waals surface area contributed by atoms with Crippen molar-refractivity contribution in [3.63, 3.8) is 0 Å². The number of hydrogen-bond acceptors (Lipinski definition) is 5. The Morgan fingerprint density at radius 2 is 1.68 bits per heavy atom. The van der Waals surface area contributed by atoms with Crippen LogP contribution in [-0.2, 0) is 20.7 Å². The van der Waals surface area contributed by atoms with Crippen molar-refractivity contribution in [1.29, 1.82) is 0 Å². The molecular formula is C22H25NO5. The van der Waals surface area contributed by atoms with E-state index in [2.05, 4.69) is 5.32 Å². The molecule has 0 heterocycles. The smallest absolute Gasteiger partial charge is 0.331 e. The van der Waals surface area contributed by atoms with Crippen molar-refractivity contribution >= 4 is 18.0 Å². The number of benzene rings is 2. The molecule has 2 rings (SSSR count). The van der Waals surface area contributed by atoms with Crippen molar-refractivity contribution in [2.24, 2.45) is 0 Å². The van der Waals surface area contributed by atoms with Crippen LogP contribution in [0.25, 0.3) is 6.08 Å². The topological polar surface area (TPSA) is 73.9 Å². The average molecular weight is 383 g/mol. The number of methoxy groups -OCH3 is 2. The van der Waals surface area contributed by atoms with Crippen LogP contribution in [0.4, 0.5) is 0 Å². The summed E-state index contributed by atoms with van der Waals surface area (Å²) in [5.74, 6) is 0.283. The van der Waals surface area contributed by atoms with Crippen molar-refractivity contribution in [1.82, 2.24) is 5.32 Å². The van der Waals surface area contributed by atoms with E-state index in [4.69, 9.17) is 14.2 Å². The van der Waals surface area contributed by atoms with Crippen LogP contribution in [0.1, 0.15) is 18.1 Å². The monoisotopic (exact) mass is 383 g/mol. The summed E-state index contributed by atoms with van der Waals surface area (Å²) in [7, 11) is 3.10. The van der Waals surface area contributed by atoms with Gasteiger partial charge in [0.1, 0.15) is 11.5 Å². The fraction of sp³-hybridized carbons (Fsp3) is 0.273. The summed E-state index contributed by atoms with van der Waals surface area (Å²) >= 11 is 0. The zero-order valence-electron chi connectivity index (χ0n) is 16.3. The van der Waals surface area contributed by atoms with Crippen LogP contribution in [0.15, 0.2) is 54.6 Å². The first-order chi connectivity index (χ1) is 13.5. The molecule has 0 bridgehead atoms. The largest absolute Gasteiger partial charge is 0.497 e. The number of amides is 1. The minimum Gasteiger partial charge on any atom is -0.497 e. The second-order valence-corrected chi connectivity index (χ2v) is 6.09. The summed E-state index contributed by atoms with van der Waals surface area (Å²) in [5.41, 5.74) is 1.84. The number of nitrogens with one attached hydrogen (secondary N) is 1. The first-order valence-corrected chi connectivity index (χ1v) is 8.95. The van der Waals surface area contributed by atoms with Gasteiger partial charge in [0.05, 0.1) is 14.2 Å². The zero-order valence-corrected chi connectivity index (χ0v) is 16.3. The van der Waals surface area contributed by atoms with Crippen molar-refractivity contribution in [3.8, 4) is 11.5 Å². The van der Waals surface area contributed by atoms with E-state index >= 15 is 0 Å². The van der Waals surface area contributed by atoms with Gasteiger partial charge in [0.2, 0.25) is 0 Å². The maximum Gasteiger partial charge on any atom is 0.331 e. The minimum absolute atomic E-state index is 0.333. The Labute approximate surface area is 165 Å². The van der Waals surface area contributed by atoms with E-state index in [1.54, 1.807) is 38.5 Å². The van der Waals surface area contributed by atoms with E-state index in [-0.39, 0.29) is 5.91 Å². The molecule has 0 aliphatic rings. The molecule has 0 fully saturated rings. The number of ether oxygens (including phenoxy) is 3. The van der Waals surface area contributed by atoms with Gasteiger partial charge in [-0.05, 0) is 42.7 Å². The molecule has 0 radical (unpaired) electrons. The van der Waals surface area contributed by atoms with Crippen molar-refractivity contribution in [3.05, 3.63) is 65.7 Å². The third kappa shape index (κ3) is 6.79. The molecule has 6 heteroatoms. The standard InChI is InChI=1S/C22H25NO5/c1-16(22(25)23-12-11-17-7-5-4-6-8-17)28-21(24)10-9-18-13-19(26-2)15-20(14-18)27-3/h4-10,13-16H,11-12H2,1-3H3,(H,23,25)/b10-9+/t16-/m0/s1. The Balaban J connectivity index is 1.82. The predicted octanol–water partition coefficient (Wildman–Crippen LogP) is 3.01. The molecule has 0 saturated carbocycles. The van der Waals surface area contributed by atoms with Gasteiger partial charge in [-0.15, -0.1) is 0 Å². The Hall–Kier alpha value is -3.28. The molecule has 6 nitrogen and oxygen atoms in total. The number of esters is 1. The molecule has 0 aromatic heterocycles. The maximum absolute atomic E-state index is 12.1.